The fourth-order valence-corrected chi connectivity index (χ4v) is 4.77. The average molecular weight is 409 g/mol. The highest BCUT2D eigenvalue weighted by Gasteiger charge is 2.23. The molecule has 2 aromatic rings. The highest BCUT2D eigenvalue weighted by molar-refractivity contribution is 7.90. The summed E-state index contributed by atoms with van der Waals surface area (Å²) in [7, 11) is -3.15. The maximum Gasteiger partial charge on any atom is 0.213 e. The Morgan fingerprint density at radius 2 is 1.81 bits per heavy atom. The van der Waals surface area contributed by atoms with Crippen molar-refractivity contribution in [2.24, 2.45) is 11.8 Å². The number of hydrogen-bond donors (Lipinski definition) is 2. The molecule has 0 atom stereocenters. The van der Waals surface area contributed by atoms with Crippen molar-refractivity contribution in [3.63, 3.8) is 0 Å². The number of pyridine rings is 1. The van der Waals surface area contributed by atoms with Gasteiger partial charge in [0.2, 0.25) is 10.0 Å². The Kier molecular flexibility index (Phi) is 6.83. The first-order valence-electron chi connectivity index (χ1n) is 9.53. The molecule has 3 rings (SSSR count). The van der Waals surface area contributed by atoms with E-state index in [1.807, 2.05) is 23.6 Å². The van der Waals surface area contributed by atoms with Gasteiger partial charge in [0.25, 0.3) is 0 Å². The molecule has 1 fully saturated rings. The molecule has 0 spiro atoms. The van der Waals surface area contributed by atoms with E-state index in [-0.39, 0.29) is 5.25 Å². The van der Waals surface area contributed by atoms with Gasteiger partial charge in [0, 0.05) is 24.7 Å². The molecule has 0 saturated heterocycles. The zero-order valence-electron chi connectivity index (χ0n) is 15.9. The predicted octanol–water partition coefficient (Wildman–Crippen LogP) is 3.75. The third kappa shape index (κ3) is 5.73. The lowest BCUT2D eigenvalue weighted by molar-refractivity contribution is 0.284. The summed E-state index contributed by atoms with van der Waals surface area (Å²) in [6.45, 7) is 4.91. The standard InChI is InChI=1S/C19H28N4O2S2/c1-14(2)27(24,25)22-12-16-8-6-15(7-9-16)11-21-19-23-18(13-26-19)17-5-3-4-10-20-17/h3-5,10,13-16,22H,6-9,11-12H2,1-2H3,(H,21,23). The molecule has 0 amide bonds. The van der Waals surface area contributed by atoms with Crippen molar-refractivity contribution < 1.29 is 8.42 Å². The van der Waals surface area contributed by atoms with Crippen LogP contribution < -0.4 is 10.0 Å². The monoisotopic (exact) mass is 408 g/mol. The molecule has 2 aromatic heterocycles. The molecule has 1 aliphatic rings. The van der Waals surface area contributed by atoms with E-state index in [2.05, 4.69) is 20.0 Å². The molecule has 0 unspecified atom stereocenters. The van der Waals surface area contributed by atoms with Crippen LogP contribution in [0.1, 0.15) is 39.5 Å². The quantitative estimate of drug-likeness (QED) is 0.695. The Hall–Kier alpha value is -1.51. The molecule has 1 aliphatic carbocycles. The summed E-state index contributed by atoms with van der Waals surface area (Å²) in [6, 6.07) is 5.83. The SMILES string of the molecule is CC(C)S(=O)(=O)NCC1CCC(CNc2nc(-c3ccccn3)cs2)CC1. The summed E-state index contributed by atoms with van der Waals surface area (Å²) < 4.78 is 26.5. The average Bonchev–Trinajstić information content (AvgIpc) is 3.15. The van der Waals surface area contributed by atoms with Gasteiger partial charge in [0.15, 0.2) is 5.13 Å². The minimum absolute atomic E-state index is 0.368. The summed E-state index contributed by atoms with van der Waals surface area (Å²) in [4.78, 5) is 8.95. The number of nitrogens with zero attached hydrogens (tertiary/aromatic N) is 2. The Morgan fingerprint density at radius 1 is 1.11 bits per heavy atom. The molecule has 0 radical (unpaired) electrons. The van der Waals surface area contributed by atoms with E-state index in [0.29, 0.717) is 18.4 Å². The zero-order chi connectivity index (χ0) is 19.3. The van der Waals surface area contributed by atoms with Gasteiger partial charge >= 0.3 is 0 Å². The van der Waals surface area contributed by atoms with Crippen LogP contribution in [-0.2, 0) is 10.0 Å². The van der Waals surface area contributed by atoms with E-state index in [0.717, 1.165) is 48.7 Å². The van der Waals surface area contributed by atoms with Gasteiger partial charge in [-0.2, -0.15) is 0 Å². The first kappa shape index (κ1) is 20.2. The number of aromatic nitrogens is 2. The van der Waals surface area contributed by atoms with Crippen molar-refractivity contribution in [3.05, 3.63) is 29.8 Å². The highest BCUT2D eigenvalue weighted by atomic mass is 32.2. The molecule has 27 heavy (non-hydrogen) atoms. The molecule has 0 aliphatic heterocycles. The maximum atomic E-state index is 11.9. The number of rotatable bonds is 8. The van der Waals surface area contributed by atoms with Crippen molar-refractivity contribution in [1.29, 1.82) is 0 Å². The van der Waals surface area contributed by atoms with Gasteiger partial charge in [-0.25, -0.2) is 18.1 Å². The first-order chi connectivity index (χ1) is 12.9. The Morgan fingerprint density at radius 3 is 2.44 bits per heavy atom. The van der Waals surface area contributed by atoms with Crippen LogP contribution in [0, 0.1) is 11.8 Å². The van der Waals surface area contributed by atoms with Crippen molar-refractivity contribution in [2.45, 2.75) is 44.8 Å². The number of nitrogens with one attached hydrogen (secondary N) is 2. The second-order valence-electron chi connectivity index (χ2n) is 7.46. The molecule has 0 bridgehead atoms. The minimum Gasteiger partial charge on any atom is -0.361 e. The second kappa shape index (κ2) is 9.12. The largest absolute Gasteiger partial charge is 0.361 e. The number of thiazole rings is 1. The van der Waals surface area contributed by atoms with E-state index >= 15 is 0 Å². The zero-order valence-corrected chi connectivity index (χ0v) is 17.5. The van der Waals surface area contributed by atoms with E-state index in [1.165, 1.54) is 0 Å². The van der Waals surface area contributed by atoms with E-state index in [4.69, 9.17) is 0 Å². The van der Waals surface area contributed by atoms with Crippen LogP contribution in [0.5, 0.6) is 0 Å². The molecule has 2 heterocycles. The lowest BCUT2D eigenvalue weighted by atomic mass is 9.82. The van der Waals surface area contributed by atoms with Crippen LogP contribution in [0.15, 0.2) is 29.8 Å². The van der Waals surface area contributed by atoms with Crippen molar-refractivity contribution in [1.82, 2.24) is 14.7 Å². The van der Waals surface area contributed by atoms with Crippen LogP contribution in [0.2, 0.25) is 0 Å². The van der Waals surface area contributed by atoms with Crippen LogP contribution in [0.25, 0.3) is 11.4 Å². The van der Waals surface area contributed by atoms with Crippen molar-refractivity contribution in [2.75, 3.05) is 18.4 Å². The molecule has 1 saturated carbocycles. The van der Waals surface area contributed by atoms with Gasteiger partial charge < -0.3 is 5.32 Å². The fraction of sp³-hybridized carbons (Fsp3) is 0.579. The first-order valence-corrected chi connectivity index (χ1v) is 12.0. The molecular weight excluding hydrogens is 380 g/mol. The summed E-state index contributed by atoms with van der Waals surface area (Å²) >= 11 is 1.61. The van der Waals surface area contributed by atoms with Crippen LogP contribution in [0.4, 0.5) is 5.13 Å². The van der Waals surface area contributed by atoms with Gasteiger partial charge in [-0.3, -0.25) is 4.98 Å². The van der Waals surface area contributed by atoms with Crippen molar-refractivity contribution in [3.8, 4) is 11.4 Å². The fourth-order valence-electron chi connectivity index (χ4n) is 3.26. The Balaban J connectivity index is 1.41. The highest BCUT2D eigenvalue weighted by Crippen LogP contribution is 2.30. The minimum atomic E-state index is -3.15. The number of hydrogen-bond acceptors (Lipinski definition) is 6. The Bertz CT molecular complexity index is 813. The topological polar surface area (TPSA) is 84.0 Å². The molecule has 8 heteroatoms. The van der Waals surface area contributed by atoms with E-state index in [9.17, 15) is 8.42 Å². The smallest absolute Gasteiger partial charge is 0.213 e. The van der Waals surface area contributed by atoms with Gasteiger partial charge in [-0.15, -0.1) is 11.3 Å². The van der Waals surface area contributed by atoms with Gasteiger partial charge in [-0.1, -0.05) is 6.07 Å². The molecule has 0 aromatic carbocycles. The summed E-state index contributed by atoms with van der Waals surface area (Å²) in [5, 5.41) is 6.05. The third-order valence-electron chi connectivity index (χ3n) is 5.13. The van der Waals surface area contributed by atoms with Crippen molar-refractivity contribution >= 4 is 26.5 Å². The van der Waals surface area contributed by atoms with Crippen LogP contribution in [-0.4, -0.2) is 36.7 Å². The predicted molar refractivity (Wildman–Crippen MR) is 111 cm³/mol. The number of sulfonamides is 1. The van der Waals surface area contributed by atoms with Gasteiger partial charge in [0.1, 0.15) is 5.69 Å². The second-order valence-corrected chi connectivity index (χ2v) is 10.6. The lowest BCUT2D eigenvalue weighted by Gasteiger charge is -2.28. The van der Waals surface area contributed by atoms with Crippen LogP contribution in [0.3, 0.4) is 0 Å². The van der Waals surface area contributed by atoms with Gasteiger partial charge in [-0.05, 0) is 63.5 Å². The molecular formula is C19H28N4O2S2. The van der Waals surface area contributed by atoms with E-state index in [1.54, 1.807) is 31.4 Å². The Labute approximate surface area is 165 Å². The van der Waals surface area contributed by atoms with Crippen LogP contribution >= 0.6 is 11.3 Å². The molecule has 148 valence electrons. The summed E-state index contributed by atoms with van der Waals surface area (Å²) in [5.74, 6) is 1.07. The lowest BCUT2D eigenvalue weighted by Crippen LogP contribution is -2.36. The third-order valence-corrected chi connectivity index (χ3v) is 7.74. The normalized spacial score (nSPS) is 20.7. The molecule has 6 nitrogen and oxygen atoms in total. The summed E-state index contributed by atoms with van der Waals surface area (Å²) in [6.07, 6.45) is 6.18. The summed E-state index contributed by atoms with van der Waals surface area (Å²) in [5.41, 5.74) is 1.80. The van der Waals surface area contributed by atoms with E-state index < -0.39 is 10.0 Å². The number of anilines is 1. The molecule has 2 N–H and O–H groups in total. The maximum absolute atomic E-state index is 11.9. The van der Waals surface area contributed by atoms with Gasteiger partial charge in [0.05, 0.1) is 10.9 Å².